The lowest BCUT2D eigenvalue weighted by Gasteiger charge is -2.12. The van der Waals surface area contributed by atoms with Gasteiger partial charge in [-0.3, -0.25) is 0 Å². The lowest BCUT2D eigenvalue weighted by Crippen LogP contribution is -2.10. The molecular formula is C21H17N3O2S2. The summed E-state index contributed by atoms with van der Waals surface area (Å²) < 4.78 is 18.2. The maximum absolute atomic E-state index is 12.1. The van der Waals surface area contributed by atoms with Crippen molar-refractivity contribution in [2.24, 2.45) is 0 Å². The van der Waals surface area contributed by atoms with Gasteiger partial charge in [0.15, 0.2) is 17.0 Å². The van der Waals surface area contributed by atoms with E-state index in [1.807, 2.05) is 30.3 Å². The molecule has 3 aromatic rings. The first-order chi connectivity index (χ1) is 13.7. The zero-order valence-corrected chi connectivity index (χ0v) is 16.4. The number of fused-ring (bicyclic) bond motifs is 3. The zero-order valence-electron chi connectivity index (χ0n) is 14.8. The van der Waals surface area contributed by atoms with Gasteiger partial charge in [-0.2, -0.15) is 0 Å². The van der Waals surface area contributed by atoms with Gasteiger partial charge in [-0.05, 0) is 35.9 Å². The number of thioether (sulfide) groups is 1. The van der Waals surface area contributed by atoms with E-state index in [0.29, 0.717) is 5.88 Å². The summed E-state index contributed by atoms with van der Waals surface area (Å²) in [5.41, 5.74) is 5.37. The van der Waals surface area contributed by atoms with Crippen molar-refractivity contribution in [3.8, 4) is 5.75 Å². The smallest absolute Gasteiger partial charge is 0.196 e. The molecule has 3 aromatic carbocycles. The molecule has 0 aliphatic carbocycles. The molecule has 28 heavy (non-hydrogen) atoms. The Kier molecular flexibility index (Phi) is 3.69. The van der Waals surface area contributed by atoms with Gasteiger partial charge >= 0.3 is 0 Å². The molecular weight excluding hydrogens is 390 g/mol. The van der Waals surface area contributed by atoms with Gasteiger partial charge in [0.25, 0.3) is 0 Å². The number of rotatable bonds is 2. The Labute approximate surface area is 170 Å². The fourth-order valence-electron chi connectivity index (χ4n) is 3.76. The van der Waals surface area contributed by atoms with E-state index < -0.39 is 11.2 Å². The van der Waals surface area contributed by atoms with Gasteiger partial charge in [-0.1, -0.05) is 36.0 Å². The Balaban J connectivity index is 1.25. The Morgan fingerprint density at radius 1 is 0.929 bits per heavy atom. The first-order valence-corrected chi connectivity index (χ1v) is 11.3. The first kappa shape index (κ1) is 16.5. The van der Waals surface area contributed by atoms with Crippen LogP contribution >= 0.6 is 11.8 Å². The maximum atomic E-state index is 12.1. The number of ether oxygens (including phenoxy) is 1. The van der Waals surface area contributed by atoms with Crippen molar-refractivity contribution >= 4 is 40.0 Å². The summed E-state index contributed by atoms with van der Waals surface area (Å²) in [6.07, 6.45) is -0.171. The molecule has 3 heterocycles. The monoisotopic (exact) mass is 407 g/mol. The highest BCUT2D eigenvalue weighted by Gasteiger charge is 2.30. The third-order valence-electron chi connectivity index (χ3n) is 5.21. The molecule has 3 unspecified atom stereocenters. The second-order valence-electron chi connectivity index (χ2n) is 6.96. The van der Waals surface area contributed by atoms with E-state index in [1.54, 1.807) is 11.8 Å². The predicted octanol–water partition coefficient (Wildman–Crippen LogP) is 4.90. The molecule has 0 bridgehead atoms. The molecule has 3 aliphatic rings. The number of para-hydroxylation sites is 2. The van der Waals surface area contributed by atoms with Gasteiger partial charge in [-0.25, -0.2) is 0 Å². The molecule has 140 valence electrons. The third kappa shape index (κ3) is 2.62. The largest absolute Gasteiger partial charge is 0.610 e. The van der Waals surface area contributed by atoms with Crippen LogP contribution in [0, 0.1) is 0 Å². The Bertz CT molecular complexity index is 1070. The summed E-state index contributed by atoms with van der Waals surface area (Å²) in [6.45, 7) is 0. The molecule has 0 radical (unpaired) electrons. The van der Waals surface area contributed by atoms with Gasteiger partial charge in [0.2, 0.25) is 0 Å². The average Bonchev–Trinajstić information content (AvgIpc) is 3.43. The average molecular weight is 408 g/mol. The van der Waals surface area contributed by atoms with Crippen LogP contribution in [0.3, 0.4) is 0 Å². The summed E-state index contributed by atoms with van der Waals surface area (Å²) in [4.78, 5) is 2.10. The molecule has 5 nitrogen and oxygen atoms in total. The second kappa shape index (κ2) is 6.27. The zero-order chi connectivity index (χ0) is 18.7. The molecule has 3 N–H and O–H groups in total. The molecule has 0 aromatic heterocycles. The van der Waals surface area contributed by atoms with Crippen LogP contribution in [-0.2, 0) is 11.2 Å². The van der Waals surface area contributed by atoms with Crippen LogP contribution < -0.4 is 20.7 Å². The van der Waals surface area contributed by atoms with E-state index in [9.17, 15) is 4.55 Å². The minimum atomic E-state index is -0.956. The van der Waals surface area contributed by atoms with Gasteiger partial charge in [0.05, 0.1) is 11.4 Å². The summed E-state index contributed by atoms with van der Waals surface area (Å²) in [5, 5.41) is 10.3. The normalized spacial score (nSPS) is 23.7. The van der Waals surface area contributed by atoms with Gasteiger partial charge in [0.1, 0.15) is 11.1 Å². The van der Waals surface area contributed by atoms with Gasteiger partial charge < -0.3 is 25.2 Å². The molecule has 0 amide bonds. The van der Waals surface area contributed by atoms with E-state index >= 15 is 0 Å². The van der Waals surface area contributed by atoms with Crippen molar-refractivity contribution < 1.29 is 9.29 Å². The SMILES string of the molecule is [O-][S+]1CNc2ccc(C3Nc4ccc(C5Nc6ccccc6O5)cc4S3)cc21. The van der Waals surface area contributed by atoms with E-state index in [0.717, 1.165) is 38.8 Å². The Morgan fingerprint density at radius 2 is 1.79 bits per heavy atom. The van der Waals surface area contributed by atoms with Crippen LogP contribution in [0.2, 0.25) is 0 Å². The number of benzene rings is 3. The molecule has 3 atom stereocenters. The molecule has 0 fully saturated rings. The minimum Gasteiger partial charge on any atom is -0.610 e. The third-order valence-corrected chi connectivity index (χ3v) is 7.66. The fourth-order valence-corrected chi connectivity index (χ4v) is 6.04. The van der Waals surface area contributed by atoms with E-state index in [2.05, 4.69) is 46.3 Å². The Morgan fingerprint density at radius 3 is 2.71 bits per heavy atom. The fraction of sp³-hybridized carbons (Fsp3) is 0.143. The molecule has 0 spiro atoms. The number of hydrogen-bond acceptors (Lipinski definition) is 6. The quantitative estimate of drug-likeness (QED) is 0.525. The van der Waals surface area contributed by atoms with Gasteiger partial charge in [-0.15, -0.1) is 0 Å². The molecule has 0 saturated carbocycles. The highest BCUT2D eigenvalue weighted by atomic mass is 32.2. The van der Waals surface area contributed by atoms with Crippen molar-refractivity contribution in [2.75, 3.05) is 21.8 Å². The molecule has 0 saturated heterocycles. The van der Waals surface area contributed by atoms with Crippen LogP contribution in [0.4, 0.5) is 17.1 Å². The maximum Gasteiger partial charge on any atom is 0.196 e. The highest BCUT2D eigenvalue weighted by molar-refractivity contribution is 8.00. The highest BCUT2D eigenvalue weighted by Crippen LogP contribution is 2.49. The van der Waals surface area contributed by atoms with Crippen molar-refractivity contribution in [2.45, 2.75) is 21.4 Å². The van der Waals surface area contributed by atoms with Gasteiger partial charge in [0, 0.05) is 33.4 Å². The second-order valence-corrected chi connectivity index (χ2v) is 9.52. The van der Waals surface area contributed by atoms with Crippen molar-refractivity contribution in [3.05, 3.63) is 71.8 Å². The van der Waals surface area contributed by atoms with Crippen molar-refractivity contribution in [3.63, 3.8) is 0 Å². The van der Waals surface area contributed by atoms with Crippen LogP contribution in [0.25, 0.3) is 0 Å². The van der Waals surface area contributed by atoms with Crippen molar-refractivity contribution in [1.29, 1.82) is 0 Å². The van der Waals surface area contributed by atoms with E-state index in [-0.39, 0.29) is 11.6 Å². The number of nitrogens with one attached hydrogen (secondary N) is 3. The molecule has 3 aliphatic heterocycles. The van der Waals surface area contributed by atoms with Crippen LogP contribution in [0.1, 0.15) is 22.7 Å². The van der Waals surface area contributed by atoms with E-state index in [4.69, 9.17) is 4.74 Å². The summed E-state index contributed by atoms with van der Waals surface area (Å²) in [5.74, 6) is 1.39. The minimum absolute atomic E-state index is 0.114. The first-order valence-electron chi connectivity index (χ1n) is 9.10. The molecule has 7 heteroatoms. The molecule has 6 rings (SSSR count). The topological polar surface area (TPSA) is 68.4 Å². The van der Waals surface area contributed by atoms with Crippen molar-refractivity contribution in [1.82, 2.24) is 0 Å². The number of hydrogen-bond donors (Lipinski definition) is 3. The Hall–Kier alpha value is -2.48. The summed E-state index contributed by atoms with van der Waals surface area (Å²) in [6, 6.07) is 20.6. The summed E-state index contributed by atoms with van der Waals surface area (Å²) in [7, 11) is 0. The van der Waals surface area contributed by atoms with E-state index in [1.165, 1.54) is 4.90 Å². The predicted molar refractivity (Wildman–Crippen MR) is 113 cm³/mol. The summed E-state index contributed by atoms with van der Waals surface area (Å²) >= 11 is 0.823. The number of anilines is 3. The van der Waals surface area contributed by atoms with Crippen LogP contribution in [0.5, 0.6) is 5.75 Å². The van der Waals surface area contributed by atoms with Crippen LogP contribution in [0.15, 0.2) is 70.5 Å². The van der Waals surface area contributed by atoms with Crippen LogP contribution in [-0.4, -0.2) is 10.4 Å². The standard InChI is InChI=1S/C21H17N3O2S2/c25-28-11-22-16-8-6-13(10-19(16)28)21-24-15-7-5-12(9-18(15)27-21)20-23-14-3-1-2-4-17(14)26-20/h1-10,20-24H,11H2. The lowest BCUT2D eigenvalue weighted by molar-refractivity contribution is 0.259. The lowest BCUT2D eigenvalue weighted by atomic mass is 10.1.